The minimum Gasteiger partial charge on any atom is -0.337 e. The normalized spacial score (nSPS) is 14.1. The lowest BCUT2D eigenvalue weighted by molar-refractivity contribution is 0.0746. The molecule has 7 heteroatoms. The molecule has 0 aromatic carbocycles. The van der Waals surface area contributed by atoms with Crippen LogP contribution in [0, 0.1) is 11.6 Å². The van der Waals surface area contributed by atoms with Crippen LogP contribution in [0.2, 0.25) is 0 Å². The molecule has 4 nitrogen and oxygen atoms in total. The van der Waals surface area contributed by atoms with Gasteiger partial charge in [0.25, 0.3) is 5.91 Å². The number of carbonyl (C=O) groups is 1. The molecule has 0 saturated carbocycles. The highest BCUT2D eigenvalue weighted by atomic mass is 32.2. The van der Waals surface area contributed by atoms with Gasteiger partial charge >= 0.3 is 0 Å². The molecule has 1 rings (SSSR count). The first-order chi connectivity index (χ1) is 8.32. The maximum atomic E-state index is 13.4. The molecule has 0 fully saturated rings. The maximum absolute atomic E-state index is 13.4. The minimum absolute atomic E-state index is 0.283. The van der Waals surface area contributed by atoms with E-state index in [1.165, 1.54) is 18.2 Å². The number of amides is 1. The van der Waals surface area contributed by atoms with Crippen molar-refractivity contribution in [1.82, 2.24) is 9.88 Å². The predicted molar refractivity (Wildman–Crippen MR) is 64.6 cm³/mol. The molecule has 1 aromatic heterocycles. The van der Waals surface area contributed by atoms with Crippen molar-refractivity contribution >= 4 is 16.7 Å². The van der Waals surface area contributed by atoms with Crippen LogP contribution in [0.25, 0.3) is 0 Å². The fourth-order valence-corrected chi connectivity index (χ4v) is 2.29. The van der Waals surface area contributed by atoms with Crippen molar-refractivity contribution in [2.45, 2.75) is 13.0 Å². The van der Waals surface area contributed by atoms with E-state index < -0.39 is 34.0 Å². The van der Waals surface area contributed by atoms with Gasteiger partial charge in [-0.1, -0.05) is 0 Å². The van der Waals surface area contributed by atoms with E-state index in [2.05, 4.69) is 4.98 Å². The zero-order valence-electron chi connectivity index (χ0n) is 10.3. The van der Waals surface area contributed by atoms with Crippen molar-refractivity contribution in [2.75, 3.05) is 19.1 Å². The Kier molecular flexibility index (Phi) is 4.89. The molecular weight excluding hydrogens is 262 g/mol. The molecule has 0 spiro atoms. The Morgan fingerprint density at radius 3 is 2.67 bits per heavy atom. The second kappa shape index (κ2) is 5.99. The maximum Gasteiger partial charge on any atom is 0.275 e. The largest absolute Gasteiger partial charge is 0.337 e. The summed E-state index contributed by atoms with van der Waals surface area (Å²) in [4.78, 5) is 16.6. The smallest absolute Gasteiger partial charge is 0.275 e. The summed E-state index contributed by atoms with van der Waals surface area (Å²) < 4.78 is 37.1. The van der Waals surface area contributed by atoms with Crippen LogP contribution in [-0.2, 0) is 10.8 Å². The first kappa shape index (κ1) is 14.7. The number of nitrogens with zero attached hydrogens (tertiary/aromatic N) is 2. The summed E-state index contributed by atoms with van der Waals surface area (Å²) in [7, 11) is 0.396. The molecule has 1 amide bonds. The fraction of sp³-hybridized carbons (Fsp3) is 0.455. The molecular formula is C11H14F2N2O2S. The van der Waals surface area contributed by atoms with Crippen LogP contribution >= 0.6 is 0 Å². The topological polar surface area (TPSA) is 50.3 Å². The molecule has 0 aliphatic heterocycles. The second-order valence-corrected chi connectivity index (χ2v) is 5.47. The van der Waals surface area contributed by atoms with E-state index in [0.717, 1.165) is 6.20 Å². The average Bonchev–Trinajstić information content (AvgIpc) is 2.26. The fourth-order valence-electron chi connectivity index (χ4n) is 1.39. The number of hydrogen-bond donors (Lipinski definition) is 0. The number of hydrogen-bond acceptors (Lipinski definition) is 3. The standard InChI is InChI=1S/C11H14F2N2O2S/c1-7(6-18(3)17)15(2)11(16)10-9(13)4-8(12)5-14-10/h4-5,7H,6H2,1-3H3. The highest BCUT2D eigenvalue weighted by Gasteiger charge is 2.22. The van der Waals surface area contributed by atoms with Crippen LogP contribution in [0.5, 0.6) is 0 Å². The third kappa shape index (κ3) is 3.56. The van der Waals surface area contributed by atoms with E-state index in [1.807, 2.05) is 0 Å². The molecule has 0 radical (unpaired) electrons. The minimum atomic E-state index is -1.07. The molecule has 0 saturated heterocycles. The molecule has 100 valence electrons. The monoisotopic (exact) mass is 276 g/mol. The Labute approximate surface area is 106 Å². The van der Waals surface area contributed by atoms with Gasteiger partial charge in [0.05, 0.1) is 6.20 Å². The molecule has 0 aliphatic rings. The Morgan fingerprint density at radius 1 is 1.56 bits per heavy atom. The number of pyridine rings is 1. The summed E-state index contributed by atoms with van der Waals surface area (Å²) >= 11 is 0. The van der Waals surface area contributed by atoms with E-state index in [9.17, 15) is 17.8 Å². The van der Waals surface area contributed by atoms with Crippen LogP contribution in [0.3, 0.4) is 0 Å². The van der Waals surface area contributed by atoms with E-state index in [-0.39, 0.29) is 11.8 Å². The van der Waals surface area contributed by atoms with E-state index in [0.29, 0.717) is 6.07 Å². The van der Waals surface area contributed by atoms with Crippen LogP contribution in [0.15, 0.2) is 12.3 Å². The summed E-state index contributed by atoms with van der Waals surface area (Å²) in [6, 6.07) is 0.283. The van der Waals surface area contributed by atoms with Gasteiger partial charge in [-0.2, -0.15) is 0 Å². The SMILES string of the molecule is CC(CS(C)=O)N(C)C(=O)c1ncc(F)cc1F. The molecule has 0 bridgehead atoms. The zero-order chi connectivity index (χ0) is 13.9. The lowest BCUT2D eigenvalue weighted by Crippen LogP contribution is -2.39. The van der Waals surface area contributed by atoms with Crippen LogP contribution in [0.4, 0.5) is 8.78 Å². The average molecular weight is 276 g/mol. The van der Waals surface area contributed by atoms with Crippen LogP contribution in [0.1, 0.15) is 17.4 Å². The summed E-state index contributed by atoms with van der Waals surface area (Å²) in [5.41, 5.74) is -0.437. The number of rotatable bonds is 4. The van der Waals surface area contributed by atoms with E-state index in [4.69, 9.17) is 0 Å². The number of halogens is 2. The second-order valence-electron chi connectivity index (χ2n) is 3.99. The van der Waals surface area contributed by atoms with Gasteiger partial charge in [-0.15, -0.1) is 0 Å². The number of carbonyl (C=O) groups excluding carboxylic acids is 1. The van der Waals surface area contributed by atoms with E-state index in [1.54, 1.807) is 6.92 Å². The van der Waals surface area contributed by atoms with Crippen molar-refractivity contribution < 1.29 is 17.8 Å². The Bertz CT molecular complexity index is 482. The van der Waals surface area contributed by atoms with Crippen molar-refractivity contribution in [1.29, 1.82) is 0 Å². The van der Waals surface area contributed by atoms with Crippen molar-refractivity contribution in [3.63, 3.8) is 0 Å². The molecule has 1 aromatic rings. The van der Waals surface area contributed by atoms with Gasteiger partial charge in [-0.05, 0) is 6.92 Å². The third-order valence-electron chi connectivity index (χ3n) is 2.47. The molecule has 2 atom stereocenters. The Balaban J connectivity index is 2.89. The summed E-state index contributed by atoms with van der Waals surface area (Å²) in [6.07, 6.45) is 2.30. The highest BCUT2D eigenvalue weighted by molar-refractivity contribution is 7.84. The quantitative estimate of drug-likeness (QED) is 0.830. The molecule has 18 heavy (non-hydrogen) atoms. The highest BCUT2D eigenvalue weighted by Crippen LogP contribution is 2.10. The van der Waals surface area contributed by atoms with Gasteiger partial charge in [0.2, 0.25) is 0 Å². The van der Waals surface area contributed by atoms with Gasteiger partial charge < -0.3 is 4.90 Å². The van der Waals surface area contributed by atoms with Crippen LogP contribution < -0.4 is 0 Å². The molecule has 0 aliphatic carbocycles. The summed E-state index contributed by atoms with van der Waals surface area (Å²) in [6.45, 7) is 1.70. The van der Waals surface area contributed by atoms with E-state index >= 15 is 0 Å². The summed E-state index contributed by atoms with van der Waals surface area (Å²) in [5, 5.41) is 0. The Hall–Kier alpha value is -1.37. The summed E-state index contributed by atoms with van der Waals surface area (Å²) in [5.74, 6) is -2.22. The van der Waals surface area contributed by atoms with Gasteiger partial charge in [-0.25, -0.2) is 13.8 Å². The van der Waals surface area contributed by atoms with Crippen molar-refractivity contribution in [3.8, 4) is 0 Å². The lowest BCUT2D eigenvalue weighted by atomic mass is 10.2. The number of aromatic nitrogens is 1. The van der Waals surface area contributed by atoms with Gasteiger partial charge in [0.1, 0.15) is 5.82 Å². The van der Waals surface area contributed by atoms with Gasteiger partial charge in [0, 0.05) is 42.0 Å². The zero-order valence-corrected chi connectivity index (χ0v) is 11.1. The lowest BCUT2D eigenvalue weighted by Gasteiger charge is -2.23. The molecule has 2 unspecified atom stereocenters. The first-order valence-electron chi connectivity index (χ1n) is 5.21. The van der Waals surface area contributed by atoms with Gasteiger partial charge in [0.15, 0.2) is 11.5 Å². The Morgan fingerprint density at radius 2 is 2.17 bits per heavy atom. The van der Waals surface area contributed by atoms with Crippen molar-refractivity contribution in [3.05, 3.63) is 29.6 Å². The van der Waals surface area contributed by atoms with Gasteiger partial charge in [-0.3, -0.25) is 9.00 Å². The third-order valence-corrected chi connectivity index (χ3v) is 3.42. The van der Waals surface area contributed by atoms with Crippen LogP contribution in [-0.4, -0.2) is 45.1 Å². The van der Waals surface area contributed by atoms with Crippen molar-refractivity contribution in [2.24, 2.45) is 0 Å². The first-order valence-corrected chi connectivity index (χ1v) is 6.94. The predicted octanol–water partition coefficient (Wildman–Crippen LogP) is 1.20. The molecule has 0 N–H and O–H groups in total. The molecule has 1 heterocycles.